The molecule has 3 aromatic rings. The Morgan fingerprint density at radius 3 is 2.72 bits per heavy atom. The normalized spacial score (nSPS) is 18.2. The first-order valence-electron chi connectivity index (χ1n) is 10.6. The van der Waals surface area contributed by atoms with E-state index in [1.54, 1.807) is 6.20 Å². The van der Waals surface area contributed by atoms with Crippen LogP contribution in [0.4, 0.5) is 23.3 Å². The lowest BCUT2D eigenvalue weighted by molar-refractivity contribution is 0.100. The van der Waals surface area contributed by atoms with Crippen LogP contribution >= 0.6 is 0 Å². The molecule has 168 valence electrons. The number of nitrogens with two attached hydrogens (primary N) is 2. The topological polar surface area (TPSA) is 148 Å². The molecule has 2 aromatic heterocycles. The van der Waals surface area contributed by atoms with Gasteiger partial charge < -0.3 is 31.4 Å². The second kappa shape index (κ2) is 9.23. The molecule has 2 heterocycles. The number of amides is 1. The summed E-state index contributed by atoms with van der Waals surface area (Å²) in [5, 5.41) is 6.48. The molecule has 0 saturated heterocycles. The first-order valence-corrected chi connectivity index (χ1v) is 10.6. The highest BCUT2D eigenvalue weighted by Gasteiger charge is 2.23. The largest absolute Gasteiger partial charge is 0.421 e. The van der Waals surface area contributed by atoms with Gasteiger partial charge in [-0.05, 0) is 31.0 Å². The van der Waals surface area contributed by atoms with Crippen molar-refractivity contribution in [2.75, 3.05) is 29.6 Å². The smallest absolute Gasteiger partial charge is 0.254 e. The summed E-state index contributed by atoms with van der Waals surface area (Å²) in [6.45, 7) is 0. The second-order valence-electron chi connectivity index (χ2n) is 8.12. The minimum atomic E-state index is -0.618. The molecule has 0 unspecified atom stereocenters. The van der Waals surface area contributed by atoms with Crippen molar-refractivity contribution in [1.82, 2.24) is 15.0 Å². The number of aromatic nitrogens is 3. The average molecular weight is 437 g/mol. The first-order chi connectivity index (χ1) is 15.4. The third-order valence-electron chi connectivity index (χ3n) is 5.49. The molecule has 1 aromatic carbocycles. The molecule has 10 heteroatoms. The maximum Gasteiger partial charge on any atom is 0.254 e. The first kappa shape index (κ1) is 21.6. The van der Waals surface area contributed by atoms with Gasteiger partial charge in [-0.25, -0.2) is 9.97 Å². The molecule has 1 fully saturated rings. The van der Waals surface area contributed by atoms with Gasteiger partial charge >= 0.3 is 0 Å². The lowest BCUT2D eigenvalue weighted by atomic mass is 9.91. The zero-order valence-electron chi connectivity index (χ0n) is 18.2. The van der Waals surface area contributed by atoms with Crippen LogP contribution in [0.25, 0.3) is 11.5 Å². The average Bonchev–Trinajstić information content (AvgIpc) is 3.26. The number of oxazole rings is 1. The van der Waals surface area contributed by atoms with Crippen LogP contribution in [0.1, 0.15) is 36.0 Å². The van der Waals surface area contributed by atoms with E-state index in [0.29, 0.717) is 29.2 Å². The van der Waals surface area contributed by atoms with Crippen LogP contribution in [0.5, 0.6) is 0 Å². The van der Waals surface area contributed by atoms with Crippen molar-refractivity contribution in [2.45, 2.75) is 37.8 Å². The molecule has 1 aliphatic carbocycles. The van der Waals surface area contributed by atoms with Gasteiger partial charge in [-0.1, -0.05) is 18.9 Å². The fraction of sp³-hybridized carbons (Fsp3) is 0.364. The van der Waals surface area contributed by atoms with Gasteiger partial charge in [0.05, 0.1) is 6.20 Å². The van der Waals surface area contributed by atoms with Crippen LogP contribution in [-0.2, 0) is 0 Å². The zero-order chi connectivity index (χ0) is 22.7. The molecule has 0 radical (unpaired) electrons. The number of carbonyl (C=O) groups excluding carboxylic acids is 1. The number of rotatable bonds is 7. The summed E-state index contributed by atoms with van der Waals surface area (Å²) in [6, 6.07) is 7.61. The van der Waals surface area contributed by atoms with E-state index in [9.17, 15) is 4.79 Å². The Labute approximate surface area is 186 Å². The number of anilines is 4. The van der Waals surface area contributed by atoms with Crippen molar-refractivity contribution in [3.63, 3.8) is 0 Å². The highest BCUT2D eigenvalue weighted by atomic mass is 16.4. The fourth-order valence-electron chi connectivity index (χ4n) is 3.70. The predicted octanol–water partition coefficient (Wildman–Crippen LogP) is 2.72. The van der Waals surface area contributed by atoms with E-state index in [0.717, 1.165) is 31.2 Å². The number of nitrogens with zero attached hydrogens (tertiary/aromatic N) is 4. The van der Waals surface area contributed by atoms with Crippen molar-refractivity contribution in [2.24, 2.45) is 11.5 Å². The molecule has 0 spiro atoms. The Bertz CT molecular complexity index is 1100. The van der Waals surface area contributed by atoms with Crippen LogP contribution < -0.4 is 27.0 Å². The Hall–Kier alpha value is -3.66. The molecule has 0 bridgehead atoms. The summed E-state index contributed by atoms with van der Waals surface area (Å²) in [7, 11) is 3.77. The molecule has 1 amide bonds. The Balaban J connectivity index is 1.59. The fourth-order valence-corrected chi connectivity index (χ4v) is 3.70. The van der Waals surface area contributed by atoms with Crippen molar-refractivity contribution >= 4 is 29.2 Å². The summed E-state index contributed by atoms with van der Waals surface area (Å²) < 4.78 is 5.78. The monoisotopic (exact) mass is 436 g/mol. The molecule has 32 heavy (non-hydrogen) atoms. The minimum absolute atomic E-state index is 0.0455. The molecule has 6 N–H and O–H groups in total. The number of primary amides is 1. The summed E-state index contributed by atoms with van der Waals surface area (Å²) in [4.78, 5) is 26.9. The number of hydrogen-bond acceptors (Lipinski definition) is 9. The maximum atomic E-state index is 12.0. The van der Waals surface area contributed by atoms with Crippen molar-refractivity contribution < 1.29 is 9.21 Å². The lowest BCUT2D eigenvalue weighted by Crippen LogP contribution is -2.43. The maximum absolute atomic E-state index is 12.0. The summed E-state index contributed by atoms with van der Waals surface area (Å²) >= 11 is 0. The van der Waals surface area contributed by atoms with Crippen LogP contribution in [-0.4, -0.2) is 47.0 Å². The lowest BCUT2D eigenvalue weighted by Gasteiger charge is -2.29. The van der Waals surface area contributed by atoms with Gasteiger partial charge in [-0.3, -0.25) is 4.79 Å². The summed E-state index contributed by atoms with van der Waals surface area (Å²) in [5.41, 5.74) is 13.5. The standard InChI is InChI=1S/C22H28N8O2/c1-30(2)18-12-25-21(32-18)13-6-5-7-14(10-13)27-20-15(19(24)31)11-26-22(29-20)28-17-9-4-3-8-16(17)23/h5-7,10-12,16-17H,3-4,8-9,23H2,1-2H3,(H2,24,31)(H2,26,27,28,29)/t16-,17+/m0/s1. The molecular formula is C22H28N8O2. The van der Waals surface area contributed by atoms with Crippen LogP contribution in [0.3, 0.4) is 0 Å². The van der Waals surface area contributed by atoms with Crippen molar-refractivity contribution in [1.29, 1.82) is 0 Å². The number of carbonyl (C=O) groups is 1. The molecular weight excluding hydrogens is 408 g/mol. The van der Waals surface area contributed by atoms with E-state index in [2.05, 4.69) is 25.6 Å². The van der Waals surface area contributed by atoms with E-state index >= 15 is 0 Å². The predicted molar refractivity (Wildman–Crippen MR) is 124 cm³/mol. The number of nitrogens with one attached hydrogen (secondary N) is 2. The highest BCUT2D eigenvalue weighted by Crippen LogP contribution is 2.28. The summed E-state index contributed by atoms with van der Waals surface area (Å²) in [6.07, 6.45) is 7.25. The second-order valence-corrected chi connectivity index (χ2v) is 8.12. The van der Waals surface area contributed by atoms with E-state index in [1.165, 1.54) is 6.20 Å². The van der Waals surface area contributed by atoms with Gasteiger partial charge in [0.25, 0.3) is 5.91 Å². The van der Waals surface area contributed by atoms with E-state index in [-0.39, 0.29) is 17.6 Å². The number of benzene rings is 1. The minimum Gasteiger partial charge on any atom is -0.421 e. The summed E-state index contributed by atoms with van der Waals surface area (Å²) in [5.74, 6) is 1.25. The molecule has 1 saturated carbocycles. The van der Waals surface area contributed by atoms with Gasteiger partial charge in [0.1, 0.15) is 11.4 Å². The van der Waals surface area contributed by atoms with Gasteiger partial charge in [0, 0.05) is 43.6 Å². The van der Waals surface area contributed by atoms with Crippen LogP contribution in [0, 0.1) is 0 Å². The van der Waals surface area contributed by atoms with E-state index in [4.69, 9.17) is 15.9 Å². The number of hydrogen-bond donors (Lipinski definition) is 4. The quantitative estimate of drug-likeness (QED) is 0.438. The molecule has 0 aliphatic heterocycles. The highest BCUT2D eigenvalue weighted by molar-refractivity contribution is 5.98. The van der Waals surface area contributed by atoms with Crippen molar-refractivity contribution in [3.8, 4) is 11.5 Å². The van der Waals surface area contributed by atoms with Gasteiger partial charge in [-0.15, -0.1) is 0 Å². The van der Waals surface area contributed by atoms with E-state index in [1.807, 2.05) is 43.3 Å². The zero-order valence-corrected chi connectivity index (χ0v) is 18.2. The third kappa shape index (κ3) is 4.80. The Morgan fingerprint density at radius 1 is 1.19 bits per heavy atom. The van der Waals surface area contributed by atoms with Gasteiger partial charge in [-0.2, -0.15) is 4.98 Å². The molecule has 1 aliphatic rings. The Morgan fingerprint density at radius 2 is 2.00 bits per heavy atom. The van der Waals surface area contributed by atoms with E-state index < -0.39 is 5.91 Å². The SMILES string of the molecule is CN(C)c1cnc(-c2cccc(Nc3nc(N[C@@H]4CCCC[C@@H]4N)ncc3C(N)=O)c2)o1. The molecule has 4 rings (SSSR count). The van der Waals surface area contributed by atoms with Gasteiger partial charge in [0.15, 0.2) is 0 Å². The Kier molecular flexibility index (Phi) is 6.22. The molecule has 2 atom stereocenters. The molecule has 10 nitrogen and oxygen atoms in total. The third-order valence-corrected chi connectivity index (χ3v) is 5.49. The van der Waals surface area contributed by atoms with Gasteiger partial charge in [0.2, 0.25) is 17.7 Å². The van der Waals surface area contributed by atoms with Crippen LogP contribution in [0.15, 0.2) is 41.1 Å². The van der Waals surface area contributed by atoms with Crippen molar-refractivity contribution in [3.05, 3.63) is 42.2 Å². The van der Waals surface area contributed by atoms with Crippen LogP contribution in [0.2, 0.25) is 0 Å².